The second-order valence-electron chi connectivity index (χ2n) is 5.08. The van der Waals surface area contributed by atoms with Crippen LogP contribution in [0.25, 0.3) is 0 Å². The first-order chi connectivity index (χ1) is 9.47. The van der Waals surface area contributed by atoms with Crippen LogP contribution in [0.2, 0.25) is 0 Å². The third-order valence-corrected chi connectivity index (χ3v) is 3.62. The van der Waals surface area contributed by atoms with Crippen molar-refractivity contribution in [3.63, 3.8) is 0 Å². The maximum Gasteiger partial charge on any atom is 0.135 e. The molecular weight excluding hydrogens is 316 g/mol. The molecule has 0 spiro atoms. The molecule has 0 fully saturated rings. The van der Waals surface area contributed by atoms with Crippen LogP contribution >= 0.6 is 15.9 Å². The van der Waals surface area contributed by atoms with E-state index in [2.05, 4.69) is 57.2 Å². The van der Waals surface area contributed by atoms with Crippen molar-refractivity contribution in [2.24, 2.45) is 0 Å². The van der Waals surface area contributed by atoms with E-state index in [1.165, 1.54) is 5.56 Å². The van der Waals surface area contributed by atoms with Crippen LogP contribution in [0.3, 0.4) is 0 Å². The molecule has 2 rings (SSSR count). The molecule has 4 nitrogen and oxygen atoms in total. The minimum Gasteiger partial charge on any atom is -0.383 e. The molecule has 0 unspecified atom stereocenters. The van der Waals surface area contributed by atoms with Gasteiger partial charge in [-0.05, 0) is 24.6 Å². The Morgan fingerprint density at radius 1 is 1.20 bits per heavy atom. The van der Waals surface area contributed by atoms with E-state index in [9.17, 15) is 0 Å². The van der Waals surface area contributed by atoms with Crippen LogP contribution < -0.4 is 11.1 Å². The standard InChI is InChI=1S/C15H19BrN4/c1-9(2)14-19-13(17)10(3)15(20-14)18-8-11-4-6-12(16)7-5-11/h4-7,9H,8H2,1-3H3,(H3,17,18,19,20). The molecular formula is C15H19BrN4. The molecule has 20 heavy (non-hydrogen) atoms. The van der Waals surface area contributed by atoms with Gasteiger partial charge in [0.1, 0.15) is 17.5 Å². The lowest BCUT2D eigenvalue weighted by Crippen LogP contribution is -2.10. The SMILES string of the molecule is Cc1c(N)nc(C(C)C)nc1NCc1ccc(Br)cc1. The minimum absolute atomic E-state index is 0.256. The predicted molar refractivity (Wildman–Crippen MR) is 86.7 cm³/mol. The number of nitrogens with two attached hydrogens (primary N) is 1. The summed E-state index contributed by atoms with van der Waals surface area (Å²) in [6, 6.07) is 8.19. The van der Waals surface area contributed by atoms with Crippen LogP contribution in [0.4, 0.5) is 11.6 Å². The molecule has 0 saturated carbocycles. The number of aromatic nitrogens is 2. The largest absolute Gasteiger partial charge is 0.383 e. The normalized spacial score (nSPS) is 10.8. The Bertz CT molecular complexity index is 594. The maximum absolute atomic E-state index is 5.95. The summed E-state index contributed by atoms with van der Waals surface area (Å²) in [5.74, 6) is 2.38. The fourth-order valence-corrected chi connectivity index (χ4v) is 2.03. The zero-order valence-corrected chi connectivity index (χ0v) is 13.5. The zero-order valence-electron chi connectivity index (χ0n) is 11.9. The fourth-order valence-electron chi connectivity index (χ4n) is 1.77. The summed E-state index contributed by atoms with van der Waals surface area (Å²) in [5, 5.41) is 3.34. The molecule has 0 atom stereocenters. The van der Waals surface area contributed by atoms with E-state index in [4.69, 9.17) is 5.73 Å². The first-order valence-electron chi connectivity index (χ1n) is 6.59. The van der Waals surface area contributed by atoms with Gasteiger partial charge in [-0.3, -0.25) is 0 Å². The highest BCUT2D eigenvalue weighted by molar-refractivity contribution is 9.10. The molecule has 0 radical (unpaired) electrons. The predicted octanol–water partition coefficient (Wildman–Crippen LogP) is 3.87. The molecule has 5 heteroatoms. The monoisotopic (exact) mass is 334 g/mol. The Hall–Kier alpha value is -1.62. The first kappa shape index (κ1) is 14.8. The van der Waals surface area contributed by atoms with E-state index in [1.54, 1.807) is 0 Å². The van der Waals surface area contributed by atoms with E-state index in [0.717, 1.165) is 21.7 Å². The molecule has 3 N–H and O–H groups in total. The smallest absolute Gasteiger partial charge is 0.135 e. The van der Waals surface area contributed by atoms with Crippen LogP contribution in [-0.4, -0.2) is 9.97 Å². The summed E-state index contributed by atoms with van der Waals surface area (Å²) in [4.78, 5) is 8.87. The molecule has 0 aliphatic heterocycles. The van der Waals surface area contributed by atoms with Gasteiger partial charge in [-0.25, -0.2) is 9.97 Å². The van der Waals surface area contributed by atoms with Crippen LogP contribution in [-0.2, 0) is 6.54 Å². The molecule has 0 aliphatic carbocycles. The van der Waals surface area contributed by atoms with Crippen molar-refractivity contribution in [2.45, 2.75) is 33.2 Å². The molecule has 0 bridgehead atoms. The van der Waals surface area contributed by atoms with Gasteiger partial charge in [0.15, 0.2) is 0 Å². The summed E-state index contributed by atoms with van der Waals surface area (Å²) in [6.07, 6.45) is 0. The Balaban J connectivity index is 2.18. The Kier molecular flexibility index (Phi) is 4.60. The van der Waals surface area contributed by atoms with E-state index in [0.29, 0.717) is 12.4 Å². The van der Waals surface area contributed by atoms with E-state index >= 15 is 0 Å². The highest BCUT2D eigenvalue weighted by Crippen LogP contribution is 2.21. The van der Waals surface area contributed by atoms with Gasteiger partial charge in [-0.15, -0.1) is 0 Å². The van der Waals surface area contributed by atoms with Gasteiger partial charge < -0.3 is 11.1 Å². The van der Waals surface area contributed by atoms with Crippen LogP contribution in [0, 0.1) is 6.92 Å². The third-order valence-electron chi connectivity index (χ3n) is 3.09. The van der Waals surface area contributed by atoms with Crippen molar-refractivity contribution in [1.29, 1.82) is 0 Å². The number of nitrogens with one attached hydrogen (secondary N) is 1. The molecule has 0 aliphatic rings. The lowest BCUT2D eigenvalue weighted by atomic mass is 10.2. The van der Waals surface area contributed by atoms with Crippen molar-refractivity contribution in [2.75, 3.05) is 11.1 Å². The second kappa shape index (κ2) is 6.22. The number of benzene rings is 1. The van der Waals surface area contributed by atoms with Gasteiger partial charge in [0.2, 0.25) is 0 Å². The Morgan fingerprint density at radius 2 is 1.85 bits per heavy atom. The zero-order chi connectivity index (χ0) is 14.7. The van der Waals surface area contributed by atoms with E-state index in [1.807, 2.05) is 19.1 Å². The van der Waals surface area contributed by atoms with Crippen molar-refractivity contribution < 1.29 is 0 Å². The molecule has 1 aromatic heterocycles. The second-order valence-corrected chi connectivity index (χ2v) is 5.99. The van der Waals surface area contributed by atoms with E-state index in [-0.39, 0.29) is 5.92 Å². The van der Waals surface area contributed by atoms with Gasteiger partial charge >= 0.3 is 0 Å². The third kappa shape index (κ3) is 3.48. The van der Waals surface area contributed by atoms with Crippen molar-refractivity contribution >= 4 is 27.6 Å². The number of anilines is 2. The molecule has 106 valence electrons. The molecule has 1 aromatic carbocycles. The number of halogens is 1. The maximum atomic E-state index is 5.95. The lowest BCUT2D eigenvalue weighted by Gasteiger charge is -2.13. The molecule has 0 saturated heterocycles. The number of nitrogen functional groups attached to an aromatic ring is 1. The highest BCUT2D eigenvalue weighted by atomic mass is 79.9. The lowest BCUT2D eigenvalue weighted by molar-refractivity contribution is 0.774. The quantitative estimate of drug-likeness (QED) is 0.890. The Labute approximate surface area is 128 Å². The van der Waals surface area contributed by atoms with Gasteiger partial charge in [0, 0.05) is 22.5 Å². The van der Waals surface area contributed by atoms with E-state index < -0.39 is 0 Å². The number of hydrogen-bond donors (Lipinski definition) is 2. The first-order valence-corrected chi connectivity index (χ1v) is 7.39. The van der Waals surface area contributed by atoms with Gasteiger partial charge in [0.25, 0.3) is 0 Å². The summed E-state index contributed by atoms with van der Waals surface area (Å²) in [6.45, 7) is 6.76. The summed E-state index contributed by atoms with van der Waals surface area (Å²) >= 11 is 3.43. The molecule has 1 heterocycles. The highest BCUT2D eigenvalue weighted by Gasteiger charge is 2.10. The van der Waals surface area contributed by atoms with Gasteiger partial charge in [0.05, 0.1) is 0 Å². The van der Waals surface area contributed by atoms with Crippen LogP contribution in [0.15, 0.2) is 28.7 Å². The van der Waals surface area contributed by atoms with Crippen LogP contribution in [0.1, 0.15) is 36.7 Å². The summed E-state index contributed by atoms with van der Waals surface area (Å²) < 4.78 is 1.07. The number of rotatable bonds is 4. The topological polar surface area (TPSA) is 63.8 Å². The number of hydrogen-bond acceptors (Lipinski definition) is 4. The van der Waals surface area contributed by atoms with Crippen molar-refractivity contribution in [3.8, 4) is 0 Å². The average molecular weight is 335 g/mol. The molecule has 0 amide bonds. The Morgan fingerprint density at radius 3 is 2.45 bits per heavy atom. The van der Waals surface area contributed by atoms with Crippen molar-refractivity contribution in [1.82, 2.24) is 9.97 Å². The molecule has 2 aromatic rings. The fraction of sp³-hybridized carbons (Fsp3) is 0.333. The van der Waals surface area contributed by atoms with Crippen molar-refractivity contribution in [3.05, 3.63) is 45.7 Å². The van der Waals surface area contributed by atoms with Crippen LogP contribution in [0.5, 0.6) is 0 Å². The van der Waals surface area contributed by atoms with Gasteiger partial charge in [-0.1, -0.05) is 41.9 Å². The van der Waals surface area contributed by atoms with Gasteiger partial charge in [-0.2, -0.15) is 0 Å². The average Bonchev–Trinajstić information content (AvgIpc) is 2.42. The summed E-state index contributed by atoms with van der Waals surface area (Å²) in [5.41, 5.74) is 8.04. The minimum atomic E-state index is 0.256. The number of nitrogens with zero attached hydrogens (tertiary/aromatic N) is 2. The summed E-state index contributed by atoms with van der Waals surface area (Å²) in [7, 11) is 0.